The highest BCUT2D eigenvalue weighted by Gasteiger charge is 2.76. The van der Waals surface area contributed by atoms with Crippen molar-refractivity contribution in [2.45, 2.75) is 80.9 Å². The van der Waals surface area contributed by atoms with Gasteiger partial charge in [-0.2, -0.15) is 52.7 Å². The molecule has 3 aliphatic rings. The third-order valence-corrected chi connectivity index (χ3v) is 8.15. The van der Waals surface area contributed by atoms with E-state index in [1.165, 1.54) is 0 Å². The average molecular weight is 510 g/mol. The molecule has 0 aromatic carbocycles. The third kappa shape index (κ3) is 4.00. The van der Waals surface area contributed by atoms with Crippen molar-refractivity contribution < 1.29 is 62.9 Å². The van der Waals surface area contributed by atoms with Crippen LogP contribution in [0.4, 0.5) is 52.7 Å². The smallest absolute Gasteiger partial charge is 0.373 e. The van der Waals surface area contributed by atoms with E-state index in [1.54, 1.807) is 0 Å². The molecule has 6 atom stereocenters. The molecule has 3 fully saturated rings. The molecule has 0 aromatic rings. The Hall–Kier alpha value is -0.920. The fraction of sp³-hybridized carbons (Fsp3) is 1.00. The lowest BCUT2D eigenvalue weighted by atomic mass is 9.64. The van der Waals surface area contributed by atoms with Crippen LogP contribution in [0.2, 0.25) is 0 Å². The zero-order valence-electron chi connectivity index (χ0n) is 16.8. The molecule has 3 aliphatic carbocycles. The molecule has 0 saturated heterocycles. The van der Waals surface area contributed by atoms with Crippen LogP contribution in [-0.4, -0.2) is 46.1 Å². The zero-order chi connectivity index (χ0) is 25.4. The van der Waals surface area contributed by atoms with Crippen LogP contribution in [0, 0.1) is 35.5 Å². The van der Waals surface area contributed by atoms with E-state index in [-0.39, 0.29) is 19.3 Å². The molecule has 2 nitrogen and oxygen atoms in total. The molecule has 33 heavy (non-hydrogen) atoms. The van der Waals surface area contributed by atoms with E-state index in [4.69, 9.17) is 0 Å². The molecule has 0 aromatic heterocycles. The number of hydrogen-bond donors (Lipinski definition) is 2. The van der Waals surface area contributed by atoms with Gasteiger partial charge in [0.25, 0.3) is 11.2 Å². The van der Waals surface area contributed by atoms with Gasteiger partial charge in [0.1, 0.15) is 0 Å². The topological polar surface area (TPSA) is 40.5 Å². The normalized spacial score (nSPS) is 34.7. The van der Waals surface area contributed by atoms with Crippen molar-refractivity contribution in [3.63, 3.8) is 0 Å². The van der Waals surface area contributed by atoms with Gasteiger partial charge in [-0.05, 0) is 68.6 Å². The van der Waals surface area contributed by atoms with E-state index in [0.29, 0.717) is 0 Å². The van der Waals surface area contributed by atoms with Gasteiger partial charge in [0.15, 0.2) is 0 Å². The minimum atomic E-state index is -6.00. The number of fused-ring (bicyclic) bond motifs is 3. The van der Waals surface area contributed by atoms with Crippen LogP contribution in [0.15, 0.2) is 0 Å². The van der Waals surface area contributed by atoms with Crippen molar-refractivity contribution >= 4 is 0 Å². The number of halogens is 12. The second-order valence-corrected chi connectivity index (χ2v) is 9.63. The molecule has 0 aliphatic heterocycles. The fourth-order valence-corrected chi connectivity index (χ4v) is 6.64. The first kappa shape index (κ1) is 26.7. The van der Waals surface area contributed by atoms with Gasteiger partial charge >= 0.3 is 24.7 Å². The van der Waals surface area contributed by atoms with Crippen LogP contribution in [0.1, 0.15) is 44.9 Å². The molecule has 0 radical (unpaired) electrons. The first-order valence-corrected chi connectivity index (χ1v) is 10.4. The van der Waals surface area contributed by atoms with Crippen molar-refractivity contribution in [3.8, 4) is 0 Å². The van der Waals surface area contributed by atoms with Crippen LogP contribution < -0.4 is 0 Å². The molecule has 3 saturated carbocycles. The summed E-state index contributed by atoms with van der Waals surface area (Å²) in [5.41, 5.74) is -9.90. The maximum Gasteiger partial charge on any atom is 0.426 e. The largest absolute Gasteiger partial charge is 0.426 e. The van der Waals surface area contributed by atoms with Crippen LogP contribution in [-0.2, 0) is 0 Å². The van der Waals surface area contributed by atoms with Crippen molar-refractivity contribution in [1.82, 2.24) is 0 Å². The summed E-state index contributed by atoms with van der Waals surface area (Å²) in [6, 6.07) is 0. The van der Waals surface area contributed by atoms with E-state index in [9.17, 15) is 62.9 Å². The zero-order valence-corrected chi connectivity index (χ0v) is 16.8. The SMILES string of the molecule is OC(C1CCC2C(CC3C[C@@H](C(O)(C(F)(F)F)C(F)(F)F)CC[C@H]32)C1)(C(F)(F)F)C(F)(F)F. The molecule has 0 heterocycles. The number of rotatable bonds is 2. The van der Waals surface area contributed by atoms with Crippen LogP contribution >= 0.6 is 0 Å². The molecule has 0 bridgehead atoms. The Labute approximate surface area is 180 Å². The number of aliphatic hydroxyl groups is 2. The van der Waals surface area contributed by atoms with E-state index in [2.05, 4.69) is 0 Å². The standard InChI is InChI=1S/C19H22F12O2/c20-16(21,22)14(32,17(23,24)25)10-1-3-12-8(6-10)5-9-7-11(2-4-13(9)12)15(33,18(26,27)28)19(29,30)31/h8-13,32-33H,1-7H2/t8?,9?,10-,11?,12+,13?/m0/s1. The van der Waals surface area contributed by atoms with Crippen LogP contribution in [0.3, 0.4) is 0 Å². The van der Waals surface area contributed by atoms with Gasteiger partial charge in [0, 0.05) is 11.8 Å². The monoisotopic (exact) mass is 510 g/mol. The van der Waals surface area contributed by atoms with Crippen molar-refractivity contribution in [3.05, 3.63) is 0 Å². The first-order chi connectivity index (χ1) is 14.7. The van der Waals surface area contributed by atoms with E-state index in [0.717, 1.165) is 0 Å². The number of alkyl halides is 12. The Morgan fingerprint density at radius 1 is 0.424 bits per heavy atom. The molecule has 14 heteroatoms. The van der Waals surface area contributed by atoms with Crippen LogP contribution in [0.5, 0.6) is 0 Å². The molecular weight excluding hydrogens is 488 g/mol. The molecule has 194 valence electrons. The summed E-state index contributed by atoms with van der Waals surface area (Å²) in [6.45, 7) is 0. The first-order valence-electron chi connectivity index (χ1n) is 10.4. The average Bonchev–Trinajstić information content (AvgIpc) is 2.99. The molecule has 4 unspecified atom stereocenters. The van der Waals surface area contributed by atoms with Gasteiger partial charge in [-0.1, -0.05) is 0 Å². The Balaban J connectivity index is 1.81. The molecule has 0 spiro atoms. The lowest BCUT2D eigenvalue weighted by molar-refractivity contribution is -0.389. The molecule has 3 rings (SSSR count). The highest BCUT2D eigenvalue weighted by molar-refractivity contribution is 5.08. The van der Waals surface area contributed by atoms with Gasteiger partial charge < -0.3 is 10.2 Å². The molecule has 2 N–H and O–H groups in total. The second-order valence-electron chi connectivity index (χ2n) is 9.63. The minimum absolute atomic E-state index is 0.153. The summed E-state index contributed by atoms with van der Waals surface area (Å²) in [5, 5.41) is 19.4. The summed E-state index contributed by atoms with van der Waals surface area (Å²) >= 11 is 0. The van der Waals surface area contributed by atoms with E-state index >= 15 is 0 Å². The van der Waals surface area contributed by atoms with Gasteiger partial charge in [0.05, 0.1) is 0 Å². The Morgan fingerprint density at radius 2 is 0.697 bits per heavy atom. The van der Waals surface area contributed by atoms with Crippen molar-refractivity contribution in [1.29, 1.82) is 0 Å². The maximum absolute atomic E-state index is 13.2. The Kier molecular flexibility index (Phi) is 6.30. The van der Waals surface area contributed by atoms with Gasteiger partial charge in [-0.15, -0.1) is 0 Å². The highest BCUT2D eigenvalue weighted by atomic mass is 19.4. The molecular formula is C19H22F12O2. The summed E-state index contributed by atoms with van der Waals surface area (Å²) in [5.74, 6) is -6.98. The van der Waals surface area contributed by atoms with E-state index < -0.39 is 97.1 Å². The van der Waals surface area contributed by atoms with Crippen molar-refractivity contribution in [2.75, 3.05) is 0 Å². The summed E-state index contributed by atoms with van der Waals surface area (Å²) in [6.07, 6.45) is -27.1. The summed E-state index contributed by atoms with van der Waals surface area (Å²) < 4.78 is 159. The predicted molar refractivity (Wildman–Crippen MR) is 87.4 cm³/mol. The number of hydrogen-bond acceptors (Lipinski definition) is 2. The summed E-state index contributed by atoms with van der Waals surface area (Å²) in [4.78, 5) is 0. The Morgan fingerprint density at radius 3 is 0.939 bits per heavy atom. The maximum atomic E-state index is 13.2. The van der Waals surface area contributed by atoms with Gasteiger partial charge in [0.2, 0.25) is 0 Å². The lowest BCUT2D eigenvalue weighted by Gasteiger charge is -2.45. The summed E-state index contributed by atoms with van der Waals surface area (Å²) in [7, 11) is 0. The van der Waals surface area contributed by atoms with Crippen LogP contribution in [0.25, 0.3) is 0 Å². The van der Waals surface area contributed by atoms with E-state index in [1.807, 2.05) is 0 Å². The van der Waals surface area contributed by atoms with Gasteiger partial charge in [-0.3, -0.25) is 0 Å². The third-order valence-electron chi connectivity index (χ3n) is 8.15. The second kappa shape index (κ2) is 7.79. The highest BCUT2D eigenvalue weighted by Crippen LogP contribution is 2.62. The van der Waals surface area contributed by atoms with Crippen molar-refractivity contribution in [2.24, 2.45) is 35.5 Å². The van der Waals surface area contributed by atoms with Gasteiger partial charge in [-0.25, -0.2) is 0 Å². The fourth-order valence-electron chi connectivity index (χ4n) is 6.64. The quantitative estimate of drug-likeness (QED) is 0.437. The minimum Gasteiger partial charge on any atom is -0.373 e. The lowest BCUT2D eigenvalue weighted by Crippen LogP contribution is -2.62. The Bertz CT molecular complexity index is 634. The molecule has 0 amide bonds. The predicted octanol–water partition coefficient (Wildman–Crippen LogP) is 6.17.